The lowest BCUT2D eigenvalue weighted by atomic mass is 10.1. The molecule has 100 valence electrons. The number of anilines is 1. The van der Waals surface area contributed by atoms with Crippen molar-refractivity contribution in [1.29, 1.82) is 0 Å². The van der Waals surface area contributed by atoms with Crippen LogP contribution in [0.25, 0.3) is 10.9 Å². The van der Waals surface area contributed by atoms with E-state index >= 15 is 0 Å². The molecule has 0 aliphatic rings. The molecule has 0 aliphatic heterocycles. The van der Waals surface area contributed by atoms with E-state index in [2.05, 4.69) is 10.3 Å². The minimum absolute atomic E-state index is 0.0239. The third-order valence-electron chi connectivity index (χ3n) is 2.92. The molecule has 1 atom stereocenters. The van der Waals surface area contributed by atoms with Crippen LogP contribution in [0.2, 0.25) is 0 Å². The number of nitro benzene ring substituents is 1. The number of methoxy groups -OCH3 is 1. The number of nitro groups is 1. The smallest absolute Gasteiger partial charge is 0.301 e. The minimum Gasteiger partial charge on any atom is -0.380 e. The normalized spacial score (nSPS) is 12.3. The van der Waals surface area contributed by atoms with Crippen molar-refractivity contribution in [3.05, 3.63) is 40.6 Å². The maximum atomic E-state index is 11.3. The van der Waals surface area contributed by atoms with Crippen molar-refractivity contribution in [2.45, 2.75) is 13.0 Å². The molecule has 0 aliphatic carbocycles. The predicted octanol–water partition coefficient (Wildman–Crippen LogP) is 2.59. The van der Waals surface area contributed by atoms with Gasteiger partial charge in [0, 0.05) is 19.9 Å². The summed E-state index contributed by atoms with van der Waals surface area (Å²) in [4.78, 5) is 15.0. The van der Waals surface area contributed by atoms with E-state index in [9.17, 15) is 10.1 Å². The van der Waals surface area contributed by atoms with Gasteiger partial charge in [0.1, 0.15) is 5.69 Å². The van der Waals surface area contributed by atoms with Crippen molar-refractivity contribution in [3.8, 4) is 0 Å². The van der Waals surface area contributed by atoms with Gasteiger partial charge in [-0.3, -0.25) is 15.1 Å². The average Bonchev–Trinajstić information content (AvgIpc) is 2.43. The molecule has 0 amide bonds. The maximum absolute atomic E-state index is 11.3. The molecule has 2 rings (SSSR count). The molecule has 1 unspecified atom stereocenters. The molecule has 1 aromatic carbocycles. The summed E-state index contributed by atoms with van der Waals surface area (Å²) >= 11 is 0. The van der Waals surface area contributed by atoms with Crippen LogP contribution in [0.1, 0.15) is 6.92 Å². The highest BCUT2D eigenvalue weighted by Crippen LogP contribution is 2.32. The number of nitrogens with one attached hydrogen (secondary N) is 1. The highest BCUT2D eigenvalue weighted by atomic mass is 16.6. The summed E-state index contributed by atoms with van der Waals surface area (Å²) in [5.41, 5.74) is 1.14. The number of fused-ring (bicyclic) bond motifs is 1. The monoisotopic (exact) mass is 261 g/mol. The Bertz CT molecular complexity index is 601. The zero-order chi connectivity index (χ0) is 13.8. The lowest BCUT2D eigenvalue weighted by Gasteiger charge is -2.12. The fraction of sp³-hybridized carbons (Fsp3) is 0.308. The molecule has 6 heteroatoms. The van der Waals surface area contributed by atoms with Crippen molar-refractivity contribution >= 4 is 22.3 Å². The van der Waals surface area contributed by atoms with Gasteiger partial charge < -0.3 is 10.1 Å². The van der Waals surface area contributed by atoms with Crippen LogP contribution < -0.4 is 5.32 Å². The molecule has 1 heterocycles. The van der Waals surface area contributed by atoms with Crippen LogP contribution in [-0.4, -0.2) is 29.7 Å². The predicted molar refractivity (Wildman–Crippen MR) is 73.4 cm³/mol. The highest BCUT2D eigenvalue weighted by molar-refractivity contribution is 5.94. The second kappa shape index (κ2) is 5.62. The molecule has 2 aromatic rings. The fourth-order valence-electron chi connectivity index (χ4n) is 1.81. The van der Waals surface area contributed by atoms with E-state index < -0.39 is 0 Å². The number of pyridine rings is 1. The topological polar surface area (TPSA) is 77.3 Å². The third-order valence-corrected chi connectivity index (χ3v) is 2.92. The molecule has 6 nitrogen and oxygen atoms in total. The van der Waals surface area contributed by atoms with Crippen LogP contribution in [0.4, 0.5) is 11.4 Å². The van der Waals surface area contributed by atoms with Crippen molar-refractivity contribution in [3.63, 3.8) is 0 Å². The largest absolute Gasteiger partial charge is 0.380 e. The molecule has 0 fully saturated rings. The van der Waals surface area contributed by atoms with Crippen molar-refractivity contribution in [2.75, 3.05) is 19.0 Å². The summed E-state index contributed by atoms with van der Waals surface area (Å²) in [5, 5.41) is 14.8. The molecule has 0 radical (unpaired) electrons. The Balaban J connectivity index is 2.43. The first-order valence-corrected chi connectivity index (χ1v) is 5.92. The lowest BCUT2D eigenvalue weighted by molar-refractivity contribution is -0.382. The molecule has 0 saturated heterocycles. The molecule has 0 spiro atoms. The van der Waals surface area contributed by atoms with Gasteiger partial charge in [-0.1, -0.05) is 0 Å². The van der Waals surface area contributed by atoms with Crippen LogP contribution in [0.3, 0.4) is 0 Å². The fourth-order valence-corrected chi connectivity index (χ4v) is 1.81. The van der Waals surface area contributed by atoms with E-state index in [0.29, 0.717) is 23.1 Å². The molecule has 19 heavy (non-hydrogen) atoms. The van der Waals surface area contributed by atoms with Gasteiger partial charge in [0.2, 0.25) is 0 Å². The summed E-state index contributed by atoms with van der Waals surface area (Å²) in [5.74, 6) is 0. The number of hydrogen-bond donors (Lipinski definition) is 1. The molecule has 0 saturated carbocycles. The molecule has 1 N–H and O–H groups in total. The number of benzene rings is 1. The van der Waals surface area contributed by atoms with Crippen LogP contribution in [0.5, 0.6) is 0 Å². The highest BCUT2D eigenvalue weighted by Gasteiger charge is 2.18. The Morgan fingerprint density at radius 2 is 2.26 bits per heavy atom. The van der Waals surface area contributed by atoms with Crippen LogP contribution in [0, 0.1) is 10.1 Å². The Morgan fingerprint density at radius 3 is 2.95 bits per heavy atom. The first-order chi connectivity index (χ1) is 9.13. The van der Waals surface area contributed by atoms with Gasteiger partial charge in [-0.05, 0) is 31.2 Å². The van der Waals surface area contributed by atoms with Gasteiger partial charge in [-0.2, -0.15) is 0 Å². The summed E-state index contributed by atoms with van der Waals surface area (Å²) in [6, 6.07) is 6.83. The molecule has 0 bridgehead atoms. The van der Waals surface area contributed by atoms with Gasteiger partial charge in [-0.15, -0.1) is 0 Å². The van der Waals surface area contributed by atoms with Crippen molar-refractivity contribution in [2.24, 2.45) is 0 Å². The summed E-state index contributed by atoms with van der Waals surface area (Å²) in [7, 11) is 1.60. The van der Waals surface area contributed by atoms with E-state index in [4.69, 9.17) is 4.74 Å². The van der Waals surface area contributed by atoms with E-state index in [1.807, 2.05) is 6.92 Å². The third kappa shape index (κ3) is 2.79. The van der Waals surface area contributed by atoms with Crippen LogP contribution in [0.15, 0.2) is 30.5 Å². The number of rotatable bonds is 5. The van der Waals surface area contributed by atoms with E-state index in [-0.39, 0.29) is 16.7 Å². The summed E-state index contributed by atoms with van der Waals surface area (Å²) in [6.07, 6.45) is 1.59. The first-order valence-electron chi connectivity index (χ1n) is 5.92. The SMILES string of the molecule is COC(C)CNc1ccc2ncccc2c1[N+](=O)[O-]. The lowest BCUT2D eigenvalue weighted by Crippen LogP contribution is -2.18. The molecular formula is C13H15N3O3. The quantitative estimate of drug-likeness (QED) is 0.661. The van der Waals surface area contributed by atoms with Crippen LogP contribution in [-0.2, 0) is 4.74 Å². The number of nitrogens with zero attached hydrogens (tertiary/aromatic N) is 2. The Kier molecular flexibility index (Phi) is 3.91. The van der Waals surface area contributed by atoms with Gasteiger partial charge in [0.05, 0.1) is 21.9 Å². The Labute approximate surface area is 110 Å². The van der Waals surface area contributed by atoms with Gasteiger partial charge in [0.15, 0.2) is 0 Å². The summed E-state index contributed by atoms with van der Waals surface area (Å²) < 4.78 is 5.12. The molecule has 1 aromatic heterocycles. The standard InChI is InChI=1S/C13H15N3O3/c1-9(19-2)8-15-12-6-5-11-10(4-3-7-14-11)13(12)16(17)18/h3-7,9,15H,8H2,1-2H3. The summed E-state index contributed by atoms with van der Waals surface area (Å²) in [6.45, 7) is 2.39. The number of ether oxygens (including phenoxy) is 1. The van der Waals surface area contributed by atoms with E-state index in [1.165, 1.54) is 0 Å². The van der Waals surface area contributed by atoms with E-state index in [0.717, 1.165) is 0 Å². The zero-order valence-electron chi connectivity index (χ0n) is 10.8. The Morgan fingerprint density at radius 1 is 1.47 bits per heavy atom. The van der Waals surface area contributed by atoms with Gasteiger partial charge >= 0.3 is 5.69 Å². The van der Waals surface area contributed by atoms with Crippen molar-refractivity contribution < 1.29 is 9.66 Å². The second-order valence-electron chi connectivity index (χ2n) is 4.22. The van der Waals surface area contributed by atoms with Crippen LogP contribution >= 0.6 is 0 Å². The first kappa shape index (κ1) is 13.2. The van der Waals surface area contributed by atoms with Gasteiger partial charge in [-0.25, -0.2) is 0 Å². The molecular weight excluding hydrogens is 246 g/mol. The number of hydrogen-bond acceptors (Lipinski definition) is 5. The maximum Gasteiger partial charge on any atom is 0.301 e. The van der Waals surface area contributed by atoms with E-state index in [1.54, 1.807) is 37.6 Å². The average molecular weight is 261 g/mol. The Hall–Kier alpha value is -2.21. The second-order valence-corrected chi connectivity index (χ2v) is 4.22. The zero-order valence-corrected chi connectivity index (χ0v) is 10.8. The van der Waals surface area contributed by atoms with Crippen molar-refractivity contribution in [1.82, 2.24) is 4.98 Å². The number of aromatic nitrogens is 1. The minimum atomic E-state index is -0.385. The van der Waals surface area contributed by atoms with Gasteiger partial charge in [0.25, 0.3) is 0 Å².